The largest absolute Gasteiger partial charge is 0.337 e. The fraction of sp³-hybridized carbons (Fsp3) is 0.0435. The Balaban J connectivity index is 1.60. The molecule has 144 valence electrons. The number of benzene rings is 3. The quantitative estimate of drug-likeness (QED) is 0.298. The molecule has 3 aromatic carbocycles. The number of hydrogen-bond acceptors (Lipinski definition) is 3. The molecule has 0 saturated heterocycles. The van der Waals surface area contributed by atoms with E-state index in [-0.39, 0.29) is 11.2 Å². The van der Waals surface area contributed by atoms with Crippen LogP contribution in [-0.4, -0.2) is 15.5 Å². The molecule has 0 saturated carbocycles. The van der Waals surface area contributed by atoms with Crippen LogP contribution in [0, 0.1) is 4.77 Å². The van der Waals surface area contributed by atoms with Crippen LogP contribution in [-0.2, 0) is 4.79 Å². The Hall–Kier alpha value is -3.09. The van der Waals surface area contributed by atoms with E-state index in [2.05, 4.69) is 10.3 Å². The summed E-state index contributed by atoms with van der Waals surface area (Å²) in [6.07, 6.45) is 3.65. The molecule has 1 heterocycles. The summed E-state index contributed by atoms with van der Waals surface area (Å²) in [6, 6.07) is 27.4. The van der Waals surface area contributed by atoms with E-state index in [9.17, 15) is 4.79 Å². The zero-order valence-electron chi connectivity index (χ0n) is 15.5. The second-order valence-electron chi connectivity index (χ2n) is 6.40. The van der Waals surface area contributed by atoms with Crippen molar-refractivity contribution in [1.29, 1.82) is 0 Å². The highest BCUT2D eigenvalue weighted by Gasteiger charge is 2.22. The highest BCUT2D eigenvalue weighted by molar-refractivity contribution is 8.00. The van der Waals surface area contributed by atoms with Gasteiger partial charge in [-0.2, -0.15) is 0 Å². The average molecular weight is 418 g/mol. The third-order valence-corrected chi connectivity index (χ3v) is 5.96. The van der Waals surface area contributed by atoms with Crippen LogP contribution in [0.1, 0.15) is 10.8 Å². The molecule has 1 aromatic heterocycles. The molecule has 4 aromatic rings. The van der Waals surface area contributed by atoms with Gasteiger partial charge in [0.2, 0.25) is 5.91 Å². The van der Waals surface area contributed by atoms with E-state index in [0.717, 1.165) is 21.8 Å². The number of thioether (sulfide) groups is 1. The molecule has 0 aliphatic heterocycles. The van der Waals surface area contributed by atoms with Gasteiger partial charge in [0.25, 0.3) is 0 Å². The molecular formula is C23H19N3OS2. The molecule has 0 fully saturated rings. The van der Waals surface area contributed by atoms with Gasteiger partial charge in [0.15, 0.2) is 4.77 Å². The Morgan fingerprint density at radius 1 is 0.966 bits per heavy atom. The standard InChI is InChI=1S/C23H19N3OS2/c27-22(25-18-10-7-11-19(16-18)26-15-14-24-23(26)28)21(17-8-3-1-4-9-17)29-20-12-5-2-6-13-20/h1-16,21H,(H,24,28)(H,25,27)/t21-/m1/s1. The van der Waals surface area contributed by atoms with Crippen molar-refractivity contribution in [3.63, 3.8) is 0 Å². The molecule has 6 heteroatoms. The SMILES string of the molecule is O=C(Nc1cccc(-n2cc[nH]c2=S)c1)[C@H](Sc1ccccc1)c1ccccc1. The number of H-pyrrole nitrogens is 1. The van der Waals surface area contributed by atoms with Crippen molar-refractivity contribution >= 4 is 35.6 Å². The lowest BCUT2D eigenvalue weighted by Gasteiger charge is -2.17. The first-order valence-corrected chi connectivity index (χ1v) is 10.4. The van der Waals surface area contributed by atoms with Crippen molar-refractivity contribution in [2.24, 2.45) is 0 Å². The molecule has 0 spiro atoms. The number of hydrogen-bond donors (Lipinski definition) is 2. The minimum absolute atomic E-state index is 0.0696. The van der Waals surface area contributed by atoms with Gasteiger partial charge < -0.3 is 10.3 Å². The van der Waals surface area contributed by atoms with Crippen LogP contribution >= 0.6 is 24.0 Å². The number of nitrogens with zero attached hydrogens (tertiary/aromatic N) is 1. The van der Waals surface area contributed by atoms with Crippen LogP contribution in [0.2, 0.25) is 0 Å². The van der Waals surface area contributed by atoms with Gasteiger partial charge in [0, 0.05) is 28.7 Å². The summed E-state index contributed by atoms with van der Waals surface area (Å²) in [6.45, 7) is 0. The van der Waals surface area contributed by atoms with E-state index in [1.807, 2.05) is 95.7 Å². The molecule has 2 N–H and O–H groups in total. The first kappa shape index (κ1) is 19.2. The number of carbonyl (C=O) groups excluding carboxylic acids is 1. The average Bonchev–Trinajstić information content (AvgIpc) is 3.19. The number of nitrogens with one attached hydrogen (secondary N) is 2. The van der Waals surface area contributed by atoms with E-state index in [0.29, 0.717) is 4.77 Å². The molecule has 4 rings (SSSR count). The number of carbonyl (C=O) groups is 1. The van der Waals surface area contributed by atoms with Gasteiger partial charge in [-0.15, -0.1) is 11.8 Å². The monoisotopic (exact) mass is 417 g/mol. The van der Waals surface area contributed by atoms with Gasteiger partial charge in [-0.1, -0.05) is 54.6 Å². The molecule has 29 heavy (non-hydrogen) atoms. The summed E-state index contributed by atoms with van der Waals surface area (Å²) < 4.78 is 2.47. The minimum Gasteiger partial charge on any atom is -0.337 e. The summed E-state index contributed by atoms with van der Waals surface area (Å²) in [5, 5.41) is 2.70. The Bertz CT molecular complexity index is 1150. The molecule has 4 nitrogen and oxygen atoms in total. The Labute approximate surface area is 178 Å². The summed E-state index contributed by atoms with van der Waals surface area (Å²) in [5.41, 5.74) is 2.58. The predicted molar refractivity (Wildman–Crippen MR) is 121 cm³/mol. The van der Waals surface area contributed by atoms with Crippen LogP contribution < -0.4 is 5.32 Å². The molecule has 1 atom stereocenters. The van der Waals surface area contributed by atoms with Gasteiger partial charge in [0.05, 0.1) is 0 Å². The fourth-order valence-corrected chi connectivity index (χ4v) is 4.28. The highest BCUT2D eigenvalue weighted by atomic mass is 32.2. The highest BCUT2D eigenvalue weighted by Crippen LogP contribution is 2.36. The maximum absolute atomic E-state index is 13.2. The first-order chi connectivity index (χ1) is 14.2. The molecule has 0 radical (unpaired) electrons. The van der Waals surface area contributed by atoms with Crippen LogP contribution in [0.15, 0.2) is 102 Å². The van der Waals surface area contributed by atoms with Crippen LogP contribution in [0.25, 0.3) is 5.69 Å². The second kappa shape index (κ2) is 8.94. The molecule has 0 aliphatic carbocycles. The third kappa shape index (κ3) is 4.67. The van der Waals surface area contributed by atoms with Gasteiger partial charge in [-0.25, -0.2) is 0 Å². The first-order valence-electron chi connectivity index (χ1n) is 9.15. The van der Waals surface area contributed by atoms with Crippen molar-refractivity contribution < 1.29 is 4.79 Å². The van der Waals surface area contributed by atoms with E-state index >= 15 is 0 Å². The summed E-state index contributed by atoms with van der Waals surface area (Å²) >= 11 is 6.83. The van der Waals surface area contributed by atoms with Gasteiger partial charge in [0.1, 0.15) is 5.25 Å². The van der Waals surface area contributed by atoms with E-state index in [1.54, 1.807) is 6.20 Å². The maximum atomic E-state index is 13.2. The lowest BCUT2D eigenvalue weighted by atomic mass is 10.1. The van der Waals surface area contributed by atoms with E-state index < -0.39 is 0 Å². The maximum Gasteiger partial charge on any atom is 0.242 e. The normalized spacial score (nSPS) is 11.7. The van der Waals surface area contributed by atoms with Crippen LogP contribution in [0.4, 0.5) is 5.69 Å². The zero-order valence-corrected chi connectivity index (χ0v) is 17.1. The topological polar surface area (TPSA) is 49.8 Å². The summed E-state index contributed by atoms with van der Waals surface area (Å²) in [4.78, 5) is 17.2. The van der Waals surface area contributed by atoms with Gasteiger partial charge >= 0.3 is 0 Å². The number of amides is 1. The molecule has 0 bridgehead atoms. The lowest BCUT2D eigenvalue weighted by Crippen LogP contribution is -2.19. The van der Waals surface area contributed by atoms with E-state index in [4.69, 9.17) is 12.2 Å². The van der Waals surface area contributed by atoms with Crippen molar-refractivity contribution in [2.45, 2.75) is 10.1 Å². The number of imidazole rings is 1. The van der Waals surface area contributed by atoms with Crippen molar-refractivity contribution in [2.75, 3.05) is 5.32 Å². The van der Waals surface area contributed by atoms with Crippen molar-refractivity contribution in [3.05, 3.63) is 108 Å². The third-order valence-electron chi connectivity index (χ3n) is 4.38. The fourth-order valence-electron chi connectivity index (χ4n) is 3.00. The molecule has 1 amide bonds. The Morgan fingerprint density at radius 2 is 1.69 bits per heavy atom. The number of rotatable bonds is 6. The molecular weight excluding hydrogens is 398 g/mol. The lowest BCUT2D eigenvalue weighted by molar-refractivity contribution is -0.115. The number of aromatic nitrogens is 2. The van der Waals surface area contributed by atoms with E-state index in [1.165, 1.54) is 11.8 Å². The van der Waals surface area contributed by atoms with Crippen LogP contribution in [0.5, 0.6) is 0 Å². The Morgan fingerprint density at radius 3 is 2.38 bits per heavy atom. The smallest absolute Gasteiger partial charge is 0.242 e. The van der Waals surface area contributed by atoms with Gasteiger partial charge in [-0.3, -0.25) is 9.36 Å². The number of aromatic amines is 1. The number of anilines is 1. The minimum atomic E-state index is -0.364. The van der Waals surface area contributed by atoms with Crippen molar-refractivity contribution in [1.82, 2.24) is 9.55 Å². The molecule has 0 unspecified atom stereocenters. The van der Waals surface area contributed by atoms with Crippen LogP contribution in [0.3, 0.4) is 0 Å². The zero-order chi connectivity index (χ0) is 20.1. The molecule has 0 aliphatic rings. The predicted octanol–water partition coefficient (Wildman–Crippen LogP) is 6.01. The summed E-state index contributed by atoms with van der Waals surface area (Å²) in [5.74, 6) is -0.0696. The Kier molecular flexibility index (Phi) is 5.93. The van der Waals surface area contributed by atoms with Crippen molar-refractivity contribution in [3.8, 4) is 5.69 Å². The van der Waals surface area contributed by atoms with Gasteiger partial charge in [-0.05, 0) is 48.1 Å². The summed E-state index contributed by atoms with van der Waals surface area (Å²) in [7, 11) is 0. The second-order valence-corrected chi connectivity index (χ2v) is 7.96.